The van der Waals surface area contributed by atoms with E-state index in [9.17, 15) is 4.79 Å². The molecule has 0 aliphatic heterocycles. The normalized spacial score (nSPS) is 39.8. The Morgan fingerprint density at radius 2 is 1.73 bits per heavy atom. The first-order chi connectivity index (χ1) is 10.1. The van der Waals surface area contributed by atoms with Crippen molar-refractivity contribution in [3.63, 3.8) is 0 Å². The summed E-state index contributed by atoms with van der Waals surface area (Å²) in [7, 11) is 0. The third kappa shape index (κ3) is 3.06. The van der Waals surface area contributed by atoms with E-state index in [1.165, 1.54) is 0 Å². The fourth-order valence-electron chi connectivity index (χ4n) is 4.92. The monoisotopic (exact) mass is 312 g/mol. The number of hydrogen-bond donors (Lipinski definition) is 3. The van der Waals surface area contributed by atoms with Gasteiger partial charge in [-0.25, -0.2) is 4.79 Å². The van der Waals surface area contributed by atoms with Crippen LogP contribution in [0.15, 0.2) is 12.2 Å². The highest BCUT2D eigenvalue weighted by Gasteiger charge is 2.60. The Morgan fingerprint density at radius 3 is 2.23 bits per heavy atom. The van der Waals surface area contributed by atoms with Crippen molar-refractivity contribution >= 4 is 5.97 Å². The van der Waals surface area contributed by atoms with Crippen molar-refractivity contribution in [3.05, 3.63) is 12.2 Å². The number of esters is 1. The van der Waals surface area contributed by atoms with Gasteiger partial charge in [0.2, 0.25) is 0 Å². The smallest absolute Gasteiger partial charge is 0.333 e. The number of carbonyl (C=O) groups excluding carboxylic acids is 1. The van der Waals surface area contributed by atoms with E-state index < -0.39 is 23.8 Å². The maximum Gasteiger partial charge on any atom is 0.333 e. The van der Waals surface area contributed by atoms with E-state index in [4.69, 9.17) is 24.8 Å². The molecule has 0 spiro atoms. The van der Waals surface area contributed by atoms with Crippen LogP contribution in [-0.4, -0.2) is 45.1 Å². The molecule has 4 aliphatic rings. The standard InChI is InChI=1S/C16H24O6/c1-10(2)13(17)22-15-6-11-3-12(7-15)5-14(4-11,8-15)21-9-16(18,19)20/h11-12,18-20H,1,3-9H2,2H3. The zero-order valence-corrected chi connectivity index (χ0v) is 12.9. The molecule has 2 atom stereocenters. The molecule has 22 heavy (non-hydrogen) atoms. The molecule has 0 amide bonds. The Hall–Kier alpha value is -0.950. The minimum Gasteiger partial charge on any atom is -0.456 e. The number of carbonyl (C=O) groups is 1. The summed E-state index contributed by atoms with van der Waals surface area (Å²) in [6.45, 7) is 4.71. The Morgan fingerprint density at radius 1 is 1.18 bits per heavy atom. The van der Waals surface area contributed by atoms with E-state index in [-0.39, 0.29) is 5.97 Å². The molecule has 4 aliphatic carbocycles. The summed E-state index contributed by atoms with van der Waals surface area (Å²) in [4.78, 5) is 12.0. The fourth-order valence-corrected chi connectivity index (χ4v) is 4.92. The van der Waals surface area contributed by atoms with Crippen LogP contribution in [0.3, 0.4) is 0 Å². The van der Waals surface area contributed by atoms with E-state index in [1.807, 2.05) is 0 Å². The average Bonchev–Trinajstić information content (AvgIpc) is 2.33. The molecule has 4 saturated carbocycles. The van der Waals surface area contributed by atoms with Gasteiger partial charge in [0.05, 0.1) is 5.60 Å². The van der Waals surface area contributed by atoms with Crippen molar-refractivity contribution in [1.29, 1.82) is 0 Å². The van der Waals surface area contributed by atoms with Gasteiger partial charge >= 0.3 is 5.97 Å². The zero-order valence-electron chi connectivity index (χ0n) is 12.9. The summed E-state index contributed by atoms with van der Waals surface area (Å²) in [6.07, 6.45) is 4.92. The second-order valence-electron chi connectivity index (χ2n) is 7.56. The van der Waals surface area contributed by atoms with Gasteiger partial charge in [0.25, 0.3) is 5.97 Å². The lowest BCUT2D eigenvalue weighted by Gasteiger charge is -2.60. The molecule has 0 aromatic carbocycles. The average molecular weight is 312 g/mol. The molecular formula is C16H24O6. The van der Waals surface area contributed by atoms with Crippen molar-refractivity contribution in [2.45, 2.75) is 62.6 Å². The topological polar surface area (TPSA) is 96.2 Å². The van der Waals surface area contributed by atoms with E-state index in [0.29, 0.717) is 23.8 Å². The molecule has 6 nitrogen and oxygen atoms in total. The van der Waals surface area contributed by atoms with Gasteiger partial charge in [-0.15, -0.1) is 0 Å². The van der Waals surface area contributed by atoms with Gasteiger partial charge in [0, 0.05) is 12.0 Å². The second-order valence-corrected chi connectivity index (χ2v) is 7.56. The van der Waals surface area contributed by atoms with Gasteiger partial charge in [-0.05, 0) is 50.9 Å². The highest BCUT2D eigenvalue weighted by Crippen LogP contribution is 2.60. The molecular weight excluding hydrogens is 288 g/mol. The molecule has 0 aromatic heterocycles. The van der Waals surface area contributed by atoms with Gasteiger partial charge in [-0.2, -0.15) is 0 Å². The van der Waals surface area contributed by atoms with Crippen molar-refractivity contribution in [2.75, 3.05) is 6.61 Å². The largest absolute Gasteiger partial charge is 0.456 e. The van der Waals surface area contributed by atoms with Crippen LogP contribution >= 0.6 is 0 Å². The third-order valence-corrected chi connectivity index (χ3v) is 5.18. The molecule has 3 N–H and O–H groups in total. The van der Waals surface area contributed by atoms with E-state index in [1.54, 1.807) is 6.92 Å². The number of hydrogen-bond acceptors (Lipinski definition) is 6. The minimum absolute atomic E-state index is 0.377. The van der Waals surface area contributed by atoms with Gasteiger partial charge in [-0.3, -0.25) is 0 Å². The molecule has 0 radical (unpaired) electrons. The van der Waals surface area contributed by atoms with Crippen molar-refractivity contribution in [3.8, 4) is 0 Å². The summed E-state index contributed by atoms with van der Waals surface area (Å²) < 4.78 is 11.5. The van der Waals surface area contributed by atoms with Crippen LogP contribution in [0, 0.1) is 11.8 Å². The van der Waals surface area contributed by atoms with Crippen molar-refractivity contribution < 1.29 is 29.6 Å². The van der Waals surface area contributed by atoms with Gasteiger partial charge < -0.3 is 24.8 Å². The maximum absolute atomic E-state index is 12.0. The van der Waals surface area contributed by atoms with Crippen LogP contribution in [0.2, 0.25) is 0 Å². The Balaban J connectivity index is 1.77. The maximum atomic E-state index is 12.0. The molecule has 6 heteroatoms. The predicted octanol–water partition coefficient (Wildman–Crippen LogP) is 0.844. The SMILES string of the molecule is C=C(C)C(=O)OC12CC3CC(CC(OCC(O)(O)O)(C3)C1)C2. The second kappa shape index (κ2) is 5.03. The number of ether oxygens (including phenoxy) is 2. The molecule has 4 bridgehead atoms. The van der Waals surface area contributed by atoms with Crippen LogP contribution in [0.25, 0.3) is 0 Å². The number of rotatable bonds is 5. The summed E-state index contributed by atoms with van der Waals surface area (Å²) in [5, 5.41) is 27.3. The predicted molar refractivity (Wildman–Crippen MR) is 76.4 cm³/mol. The summed E-state index contributed by atoms with van der Waals surface area (Å²) >= 11 is 0. The molecule has 124 valence electrons. The zero-order chi connectivity index (χ0) is 16.2. The number of aliphatic hydroxyl groups is 3. The van der Waals surface area contributed by atoms with Crippen LogP contribution in [0.5, 0.6) is 0 Å². The Bertz CT molecular complexity index is 477. The quantitative estimate of drug-likeness (QED) is 0.395. The highest BCUT2D eigenvalue weighted by molar-refractivity contribution is 5.87. The first kappa shape index (κ1) is 15.9. The first-order valence-electron chi connectivity index (χ1n) is 7.80. The third-order valence-electron chi connectivity index (χ3n) is 5.18. The summed E-state index contributed by atoms with van der Waals surface area (Å²) in [5.41, 5.74) is -0.701. The molecule has 4 rings (SSSR count). The van der Waals surface area contributed by atoms with Crippen LogP contribution in [0.1, 0.15) is 45.4 Å². The molecule has 4 fully saturated rings. The lowest BCUT2D eigenvalue weighted by Crippen LogP contribution is -2.62. The van der Waals surface area contributed by atoms with Gasteiger partial charge in [-0.1, -0.05) is 6.58 Å². The summed E-state index contributed by atoms with van der Waals surface area (Å²) in [5.74, 6) is -2.39. The molecule has 0 aromatic rings. The molecule has 0 saturated heterocycles. The molecule has 2 unspecified atom stereocenters. The Labute approximate surface area is 129 Å². The Kier molecular flexibility index (Phi) is 3.64. The lowest BCUT2D eigenvalue weighted by molar-refractivity contribution is -0.352. The highest BCUT2D eigenvalue weighted by atomic mass is 16.7. The summed E-state index contributed by atoms with van der Waals surface area (Å²) in [6, 6.07) is 0. The van der Waals surface area contributed by atoms with Crippen LogP contribution < -0.4 is 0 Å². The van der Waals surface area contributed by atoms with E-state index >= 15 is 0 Å². The van der Waals surface area contributed by atoms with Gasteiger partial charge in [0.1, 0.15) is 12.2 Å². The van der Waals surface area contributed by atoms with E-state index in [0.717, 1.165) is 32.1 Å². The fraction of sp³-hybridized carbons (Fsp3) is 0.812. The van der Waals surface area contributed by atoms with Gasteiger partial charge in [0.15, 0.2) is 0 Å². The van der Waals surface area contributed by atoms with Crippen LogP contribution in [0.4, 0.5) is 0 Å². The minimum atomic E-state index is -2.83. The first-order valence-corrected chi connectivity index (χ1v) is 7.80. The van der Waals surface area contributed by atoms with Crippen LogP contribution in [-0.2, 0) is 14.3 Å². The lowest BCUT2D eigenvalue weighted by atomic mass is 9.52. The van der Waals surface area contributed by atoms with Crippen molar-refractivity contribution in [1.82, 2.24) is 0 Å². The van der Waals surface area contributed by atoms with Crippen molar-refractivity contribution in [2.24, 2.45) is 11.8 Å². The molecule has 0 heterocycles. The van der Waals surface area contributed by atoms with E-state index in [2.05, 4.69) is 6.58 Å².